The SMILES string of the molecule is NCc1sc(CSc2ccccc2F)nc1C1CC1. The monoisotopic (exact) mass is 294 g/mol. The average molecular weight is 294 g/mol. The molecule has 1 heterocycles. The van der Waals surface area contributed by atoms with Gasteiger partial charge in [-0.1, -0.05) is 12.1 Å². The van der Waals surface area contributed by atoms with E-state index in [0.717, 1.165) is 5.01 Å². The highest BCUT2D eigenvalue weighted by Gasteiger charge is 2.29. The van der Waals surface area contributed by atoms with Crippen LogP contribution < -0.4 is 5.73 Å². The van der Waals surface area contributed by atoms with Gasteiger partial charge in [-0.3, -0.25) is 0 Å². The molecule has 1 fully saturated rings. The van der Waals surface area contributed by atoms with Crippen molar-refractivity contribution in [2.75, 3.05) is 0 Å². The van der Waals surface area contributed by atoms with Crippen LogP contribution in [-0.4, -0.2) is 4.98 Å². The summed E-state index contributed by atoms with van der Waals surface area (Å²) in [7, 11) is 0. The van der Waals surface area contributed by atoms with Crippen molar-refractivity contribution in [2.24, 2.45) is 5.73 Å². The van der Waals surface area contributed by atoms with Gasteiger partial charge in [-0.15, -0.1) is 23.1 Å². The molecule has 1 aliphatic rings. The fourth-order valence-corrected chi connectivity index (χ4v) is 3.96. The summed E-state index contributed by atoms with van der Waals surface area (Å²) in [4.78, 5) is 6.56. The van der Waals surface area contributed by atoms with Gasteiger partial charge in [0.05, 0.1) is 11.4 Å². The van der Waals surface area contributed by atoms with E-state index in [2.05, 4.69) is 4.98 Å². The number of hydrogen-bond donors (Lipinski definition) is 1. The Labute approximate surface area is 120 Å². The van der Waals surface area contributed by atoms with Crippen LogP contribution in [0.15, 0.2) is 29.2 Å². The number of nitrogens with zero attached hydrogens (tertiary/aromatic N) is 1. The van der Waals surface area contributed by atoms with E-state index in [0.29, 0.717) is 23.1 Å². The lowest BCUT2D eigenvalue weighted by molar-refractivity contribution is 0.602. The largest absolute Gasteiger partial charge is 0.326 e. The molecule has 1 aliphatic carbocycles. The van der Waals surface area contributed by atoms with E-state index in [-0.39, 0.29) is 5.82 Å². The number of thioether (sulfide) groups is 1. The van der Waals surface area contributed by atoms with Gasteiger partial charge < -0.3 is 5.73 Å². The number of aromatic nitrogens is 1. The third kappa shape index (κ3) is 2.99. The third-order valence-electron chi connectivity index (χ3n) is 3.11. The second-order valence-electron chi connectivity index (χ2n) is 4.61. The van der Waals surface area contributed by atoms with Crippen LogP contribution in [0.25, 0.3) is 0 Å². The molecule has 0 aliphatic heterocycles. The smallest absolute Gasteiger partial charge is 0.136 e. The normalized spacial score (nSPS) is 14.8. The zero-order chi connectivity index (χ0) is 13.2. The number of nitrogens with two attached hydrogens (primary N) is 1. The second kappa shape index (κ2) is 5.61. The van der Waals surface area contributed by atoms with Crippen LogP contribution in [0.1, 0.15) is 34.3 Å². The van der Waals surface area contributed by atoms with Crippen LogP contribution in [0.5, 0.6) is 0 Å². The Hall–Kier alpha value is -0.910. The van der Waals surface area contributed by atoms with Crippen molar-refractivity contribution >= 4 is 23.1 Å². The van der Waals surface area contributed by atoms with Crippen LogP contribution in [0, 0.1) is 5.82 Å². The van der Waals surface area contributed by atoms with Crippen LogP contribution >= 0.6 is 23.1 Å². The number of halogens is 1. The lowest BCUT2D eigenvalue weighted by Crippen LogP contribution is -1.96. The van der Waals surface area contributed by atoms with Crippen molar-refractivity contribution in [1.82, 2.24) is 4.98 Å². The first-order valence-corrected chi connectivity index (χ1v) is 8.14. The van der Waals surface area contributed by atoms with Crippen molar-refractivity contribution in [3.63, 3.8) is 0 Å². The maximum absolute atomic E-state index is 13.5. The fraction of sp³-hybridized carbons (Fsp3) is 0.357. The molecule has 0 spiro atoms. The van der Waals surface area contributed by atoms with Crippen molar-refractivity contribution in [3.8, 4) is 0 Å². The van der Waals surface area contributed by atoms with E-state index < -0.39 is 0 Å². The van der Waals surface area contributed by atoms with Crippen molar-refractivity contribution < 1.29 is 4.39 Å². The summed E-state index contributed by atoms with van der Waals surface area (Å²) in [5, 5.41) is 1.05. The Balaban J connectivity index is 1.71. The van der Waals surface area contributed by atoms with Crippen LogP contribution in [0.2, 0.25) is 0 Å². The summed E-state index contributed by atoms with van der Waals surface area (Å²) in [5.74, 6) is 1.18. The Kier molecular flexibility index (Phi) is 3.86. The average Bonchev–Trinajstić information content (AvgIpc) is 3.18. The quantitative estimate of drug-likeness (QED) is 0.850. The zero-order valence-electron chi connectivity index (χ0n) is 10.4. The Morgan fingerprint density at radius 1 is 1.37 bits per heavy atom. The summed E-state index contributed by atoms with van der Waals surface area (Å²) >= 11 is 3.17. The van der Waals surface area contributed by atoms with E-state index in [1.807, 2.05) is 6.07 Å². The predicted molar refractivity (Wildman–Crippen MR) is 77.9 cm³/mol. The molecule has 19 heavy (non-hydrogen) atoms. The molecular weight excluding hydrogens is 279 g/mol. The summed E-state index contributed by atoms with van der Waals surface area (Å²) in [6.07, 6.45) is 2.47. The van der Waals surface area contributed by atoms with Gasteiger partial charge in [0.15, 0.2) is 0 Å². The van der Waals surface area contributed by atoms with Crippen LogP contribution in [0.4, 0.5) is 4.39 Å². The van der Waals surface area contributed by atoms with E-state index in [1.54, 1.807) is 23.5 Å². The molecule has 0 bridgehead atoms. The van der Waals surface area contributed by atoms with Crippen LogP contribution in [-0.2, 0) is 12.3 Å². The highest BCUT2D eigenvalue weighted by molar-refractivity contribution is 7.98. The van der Waals surface area contributed by atoms with Gasteiger partial charge in [0.25, 0.3) is 0 Å². The predicted octanol–water partition coefficient (Wildman–Crippen LogP) is 3.91. The van der Waals surface area contributed by atoms with E-state index in [9.17, 15) is 4.39 Å². The molecule has 100 valence electrons. The lowest BCUT2D eigenvalue weighted by Gasteiger charge is -2.00. The Morgan fingerprint density at radius 3 is 2.84 bits per heavy atom. The molecule has 2 nitrogen and oxygen atoms in total. The molecule has 1 saturated carbocycles. The van der Waals surface area contributed by atoms with Gasteiger partial charge in [0, 0.05) is 22.2 Å². The van der Waals surface area contributed by atoms with Gasteiger partial charge in [0.1, 0.15) is 10.8 Å². The second-order valence-corrected chi connectivity index (χ2v) is 6.80. The molecule has 0 saturated heterocycles. The maximum atomic E-state index is 13.5. The van der Waals surface area contributed by atoms with Gasteiger partial charge in [-0.2, -0.15) is 0 Å². The summed E-state index contributed by atoms with van der Waals surface area (Å²) in [5.41, 5.74) is 6.96. The van der Waals surface area contributed by atoms with Gasteiger partial charge >= 0.3 is 0 Å². The first-order chi connectivity index (χ1) is 9.28. The lowest BCUT2D eigenvalue weighted by atomic mass is 10.2. The number of thiazole rings is 1. The molecule has 1 aromatic carbocycles. The van der Waals surface area contributed by atoms with Crippen molar-refractivity contribution in [1.29, 1.82) is 0 Å². The molecule has 0 radical (unpaired) electrons. The first kappa shape index (κ1) is 13.1. The summed E-state index contributed by atoms with van der Waals surface area (Å²) < 4.78 is 13.5. The highest BCUT2D eigenvalue weighted by Crippen LogP contribution is 2.43. The van der Waals surface area contributed by atoms with E-state index in [1.165, 1.54) is 41.2 Å². The maximum Gasteiger partial charge on any atom is 0.136 e. The van der Waals surface area contributed by atoms with Gasteiger partial charge in [-0.25, -0.2) is 9.37 Å². The Bertz CT molecular complexity index is 579. The number of rotatable bonds is 5. The zero-order valence-corrected chi connectivity index (χ0v) is 12.1. The first-order valence-electron chi connectivity index (χ1n) is 6.34. The molecule has 0 atom stereocenters. The number of hydrogen-bond acceptors (Lipinski definition) is 4. The van der Waals surface area contributed by atoms with Crippen molar-refractivity contribution in [3.05, 3.63) is 45.7 Å². The Morgan fingerprint density at radius 2 is 2.16 bits per heavy atom. The number of benzene rings is 1. The minimum atomic E-state index is -0.162. The van der Waals surface area contributed by atoms with E-state index in [4.69, 9.17) is 5.73 Å². The van der Waals surface area contributed by atoms with Crippen LogP contribution in [0.3, 0.4) is 0 Å². The molecule has 2 aromatic rings. The summed E-state index contributed by atoms with van der Waals surface area (Å²) in [6, 6.07) is 6.86. The van der Waals surface area contributed by atoms with Crippen molar-refractivity contribution in [2.45, 2.75) is 36.0 Å². The molecule has 5 heteroatoms. The molecule has 3 rings (SSSR count). The minimum absolute atomic E-state index is 0.162. The molecular formula is C14H15FN2S2. The van der Waals surface area contributed by atoms with E-state index >= 15 is 0 Å². The fourth-order valence-electron chi connectivity index (χ4n) is 2.00. The topological polar surface area (TPSA) is 38.9 Å². The minimum Gasteiger partial charge on any atom is -0.326 e. The molecule has 2 N–H and O–H groups in total. The molecule has 0 unspecified atom stereocenters. The van der Waals surface area contributed by atoms with Gasteiger partial charge in [-0.05, 0) is 25.0 Å². The summed E-state index contributed by atoms with van der Waals surface area (Å²) in [6.45, 7) is 0.563. The van der Waals surface area contributed by atoms with Gasteiger partial charge in [0.2, 0.25) is 0 Å². The highest BCUT2D eigenvalue weighted by atomic mass is 32.2. The molecule has 0 amide bonds. The third-order valence-corrected chi connectivity index (χ3v) is 5.45. The standard InChI is InChI=1S/C14H15FN2S2/c15-10-3-1-2-4-11(10)18-8-13-17-14(9-5-6-9)12(7-16)19-13/h1-4,9H,5-8,16H2. The molecule has 1 aromatic heterocycles.